The van der Waals surface area contributed by atoms with Gasteiger partial charge in [0.05, 0.1) is 34.4 Å². The zero-order chi connectivity index (χ0) is 44.1. The lowest BCUT2D eigenvalue weighted by atomic mass is 10.0. The SMILES string of the molecule is CCCCC/C=C\C/C=C\CCCCCCCCCCCCOCC(COP(=O)(O)OCC[N+](C)(C)C)OC(=O)CCCCCCCCCCCCCCCCCCCC. The van der Waals surface area contributed by atoms with Crippen LogP contribution in [0.1, 0.15) is 239 Å². The molecule has 0 fully saturated rings. The number of nitrogens with zero attached hydrogens (tertiary/aromatic N) is 1. The Labute approximate surface area is 373 Å². The Bertz CT molecular complexity index is 1010. The predicted octanol–water partition coefficient (Wildman–Crippen LogP) is 15.6. The number of hydrogen-bond donors (Lipinski definition) is 1. The lowest BCUT2D eigenvalue weighted by Gasteiger charge is -2.24. The summed E-state index contributed by atoms with van der Waals surface area (Å²) < 4.78 is 35.2. The second-order valence-electron chi connectivity index (χ2n) is 18.6. The highest BCUT2D eigenvalue weighted by Crippen LogP contribution is 2.43. The van der Waals surface area contributed by atoms with Crippen LogP contribution >= 0.6 is 7.82 Å². The van der Waals surface area contributed by atoms with Gasteiger partial charge >= 0.3 is 13.8 Å². The summed E-state index contributed by atoms with van der Waals surface area (Å²) in [7, 11) is 1.68. The monoisotopic (exact) mass is 871 g/mol. The van der Waals surface area contributed by atoms with E-state index in [4.69, 9.17) is 18.5 Å². The number of carbonyl (C=O) groups excluding carboxylic acids is 1. The largest absolute Gasteiger partial charge is 0.472 e. The predicted molar refractivity (Wildman–Crippen MR) is 257 cm³/mol. The molecule has 0 aliphatic carbocycles. The van der Waals surface area contributed by atoms with Gasteiger partial charge in [-0.3, -0.25) is 13.8 Å². The number of allylic oxidation sites excluding steroid dienone is 4. The van der Waals surface area contributed by atoms with Crippen LogP contribution in [0.15, 0.2) is 24.3 Å². The van der Waals surface area contributed by atoms with Crippen LogP contribution in [0.4, 0.5) is 0 Å². The van der Waals surface area contributed by atoms with Gasteiger partial charge in [0.1, 0.15) is 19.3 Å². The van der Waals surface area contributed by atoms with Crippen LogP contribution in [0.2, 0.25) is 0 Å². The van der Waals surface area contributed by atoms with Gasteiger partial charge in [0.25, 0.3) is 0 Å². The average molecular weight is 871 g/mol. The maximum absolute atomic E-state index is 12.8. The Morgan fingerprint density at radius 3 is 1.38 bits per heavy atom. The van der Waals surface area contributed by atoms with E-state index in [1.807, 2.05) is 21.1 Å². The smallest absolute Gasteiger partial charge is 0.457 e. The maximum atomic E-state index is 12.8. The standard InChI is InChI=1S/C51H100NO7P/c1-6-8-10-12-14-16-18-20-22-24-26-27-29-31-33-35-37-39-41-43-46-56-48-50(49-58-60(54,55)57-47-45-52(3,4)5)59-51(53)44-42-40-38-36-34-32-30-28-25-23-21-19-17-15-13-11-9-7-2/h14,16,20,22,50H,6-13,15,17-19,21,23-49H2,1-5H3/p+1/b16-14-,22-20-. The zero-order valence-corrected chi connectivity index (χ0v) is 41.4. The molecule has 0 saturated carbocycles. The molecular formula is C51H101NO7P+. The van der Waals surface area contributed by atoms with Crippen molar-refractivity contribution >= 4 is 13.8 Å². The summed E-state index contributed by atoms with van der Waals surface area (Å²) in [5, 5.41) is 0. The minimum absolute atomic E-state index is 0.0904. The molecule has 9 heteroatoms. The summed E-state index contributed by atoms with van der Waals surface area (Å²) in [6, 6.07) is 0. The van der Waals surface area contributed by atoms with Crippen molar-refractivity contribution < 1.29 is 37.3 Å². The first kappa shape index (κ1) is 59.0. The Morgan fingerprint density at radius 1 is 0.517 bits per heavy atom. The Hall–Kier alpha value is -1.02. The van der Waals surface area contributed by atoms with Crippen LogP contribution in [-0.4, -0.2) is 75.6 Å². The maximum Gasteiger partial charge on any atom is 0.472 e. The molecule has 356 valence electrons. The molecule has 1 N–H and O–H groups in total. The van der Waals surface area contributed by atoms with Crippen LogP contribution in [0.5, 0.6) is 0 Å². The van der Waals surface area contributed by atoms with Crippen molar-refractivity contribution in [3.63, 3.8) is 0 Å². The van der Waals surface area contributed by atoms with E-state index < -0.39 is 13.9 Å². The highest BCUT2D eigenvalue weighted by Gasteiger charge is 2.26. The van der Waals surface area contributed by atoms with E-state index in [-0.39, 0.29) is 25.8 Å². The zero-order valence-electron chi connectivity index (χ0n) is 40.5. The van der Waals surface area contributed by atoms with Crippen molar-refractivity contribution in [3.05, 3.63) is 24.3 Å². The van der Waals surface area contributed by atoms with Gasteiger partial charge in [0.15, 0.2) is 0 Å². The average Bonchev–Trinajstić information content (AvgIpc) is 3.20. The van der Waals surface area contributed by atoms with Gasteiger partial charge in [-0.1, -0.05) is 212 Å². The summed E-state index contributed by atoms with van der Waals surface area (Å²) in [6.07, 6.45) is 52.1. The van der Waals surface area contributed by atoms with Crippen LogP contribution in [0.3, 0.4) is 0 Å². The van der Waals surface area contributed by atoms with Crippen molar-refractivity contribution in [3.8, 4) is 0 Å². The highest BCUT2D eigenvalue weighted by molar-refractivity contribution is 7.47. The van der Waals surface area contributed by atoms with Crippen molar-refractivity contribution in [1.29, 1.82) is 0 Å². The normalized spacial score (nSPS) is 13.8. The third kappa shape index (κ3) is 48.0. The van der Waals surface area contributed by atoms with E-state index in [0.29, 0.717) is 24.1 Å². The van der Waals surface area contributed by atoms with Gasteiger partial charge in [0.2, 0.25) is 0 Å². The molecule has 0 bridgehead atoms. The van der Waals surface area contributed by atoms with E-state index in [2.05, 4.69) is 38.2 Å². The van der Waals surface area contributed by atoms with E-state index in [0.717, 1.165) is 38.5 Å². The molecule has 2 atom stereocenters. The second kappa shape index (κ2) is 44.6. The first-order chi connectivity index (χ1) is 29.1. The molecule has 0 radical (unpaired) electrons. The molecule has 60 heavy (non-hydrogen) atoms. The number of carbonyl (C=O) groups is 1. The van der Waals surface area contributed by atoms with Crippen molar-refractivity contribution in [2.24, 2.45) is 0 Å². The number of esters is 1. The minimum Gasteiger partial charge on any atom is -0.457 e. The summed E-state index contributed by atoms with van der Waals surface area (Å²) in [5.41, 5.74) is 0. The van der Waals surface area contributed by atoms with E-state index in [9.17, 15) is 14.3 Å². The Kier molecular flexibility index (Phi) is 43.8. The number of likely N-dealkylation sites (N-methyl/N-ethyl adjacent to an activating group) is 1. The fourth-order valence-corrected chi connectivity index (χ4v) is 8.03. The topological polar surface area (TPSA) is 91.3 Å². The molecular weight excluding hydrogens is 770 g/mol. The Balaban J connectivity index is 4.12. The molecule has 0 aromatic rings. The molecule has 0 heterocycles. The lowest BCUT2D eigenvalue weighted by molar-refractivity contribution is -0.870. The molecule has 0 rings (SSSR count). The highest BCUT2D eigenvalue weighted by atomic mass is 31.2. The second-order valence-corrected chi connectivity index (χ2v) is 20.0. The molecule has 0 aliphatic heterocycles. The molecule has 8 nitrogen and oxygen atoms in total. The van der Waals surface area contributed by atoms with Gasteiger partial charge in [0, 0.05) is 13.0 Å². The van der Waals surface area contributed by atoms with Gasteiger partial charge < -0.3 is 18.9 Å². The third-order valence-corrected chi connectivity index (χ3v) is 12.2. The van der Waals surface area contributed by atoms with Crippen LogP contribution in [0, 0.1) is 0 Å². The summed E-state index contributed by atoms with van der Waals surface area (Å²) >= 11 is 0. The number of phosphoric ester groups is 1. The number of hydrogen-bond acceptors (Lipinski definition) is 6. The number of quaternary nitrogens is 1. The molecule has 0 saturated heterocycles. The van der Waals surface area contributed by atoms with E-state index in [1.165, 1.54) is 180 Å². The fourth-order valence-electron chi connectivity index (χ4n) is 7.29. The third-order valence-electron chi connectivity index (χ3n) is 11.3. The van der Waals surface area contributed by atoms with Crippen molar-refractivity contribution in [2.75, 3.05) is 54.1 Å². The molecule has 0 aliphatic rings. The quantitative estimate of drug-likeness (QED) is 0.0214. The van der Waals surface area contributed by atoms with Crippen LogP contribution < -0.4 is 0 Å². The van der Waals surface area contributed by atoms with E-state index in [1.54, 1.807) is 0 Å². The Morgan fingerprint density at radius 2 is 0.917 bits per heavy atom. The number of phosphoric acid groups is 1. The van der Waals surface area contributed by atoms with Crippen molar-refractivity contribution in [1.82, 2.24) is 0 Å². The summed E-state index contributed by atoms with van der Waals surface area (Å²) in [6.45, 7) is 5.64. The van der Waals surface area contributed by atoms with Crippen LogP contribution in [0.25, 0.3) is 0 Å². The van der Waals surface area contributed by atoms with Gasteiger partial charge in [-0.25, -0.2) is 4.57 Å². The molecule has 0 aromatic heterocycles. The van der Waals surface area contributed by atoms with Gasteiger partial charge in [-0.05, 0) is 44.9 Å². The number of unbranched alkanes of at least 4 members (excludes halogenated alkanes) is 30. The molecule has 0 spiro atoms. The van der Waals surface area contributed by atoms with Crippen molar-refractivity contribution in [2.45, 2.75) is 245 Å². The van der Waals surface area contributed by atoms with E-state index >= 15 is 0 Å². The van der Waals surface area contributed by atoms with Gasteiger partial charge in [-0.2, -0.15) is 0 Å². The molecule has 0 aromatic carbocycles. The van der Waals surface area contributed by atoms with Crippen LogP contribution in [-0.2, 0) is 27.9 Å². The molecule has 0 amide bonds. The fraction of sp³-hybridized carbons (Fsp3) is 0.902. The number of rotatable bonds is 48. The summed E-state index contributed by atoms with van der Waals surface area (Å²) in [4.78, 5) is 23.0. The minimum atomic E-state index is -4.28. The number of ether oxygens (including phenoxy) is 2. The first-order valence-electron chi connectivity index (χ1n) is 25.6. The first-order valence-corrected chi connectivity index (χ1v) is 27.1. The van der Waals surface area contributed by atoms with Gasteiger partial charge in [-0.15, -0.1) is 0 Å². The lowest BCUT2D eigenvalue weighted by Crippen LogP contribution is -2.37. The summed E-state index contributed by atoms with van der Waals surface area (Å²) in [5.74, 6) is -0.310. The molecule has 2 unspecified atom stereocenters.